The molecule has 6 heteroatoms. The lowest BCUT2D eigenvalue weighted by Crippen LogP contribution is -2.27. The molecule has 2 aromatic rings. The lowest BCUT2D eigenvalue weighted by Gasteiger charge is -2.29. The Hall–Kier alpha value is -2.05. The standard InChI is InChI=1S/C32H45F3O3/c1-3-5-7-8-9-10-12-24-22-37-32(38-23-24)26-17-15-25(16-18-26)28-19-20-29(31(35)30(28)34)36-21-11-14-27(33)13-6-4-2/h15-20,24,27,32H,3-14,21-23H2,1-2H3. The third-order valence-electron chi connectivity index (χ3n) is 7.26. The molecule has 1 heterocycles. The lowest BCUT2D eigenvalue weighted by molar-refractivity contribution is -0.206. The monoisotopic (exact) mass is 534 g/mol. The summed E-state index contributed by atoms with van der Waals surface area (Å²) in [7, 11) is 0. The van der Waals surface area contributed by atoms with Crippen molar-refractivity contribution in [2.75, 3.05) is 19.8 Å². The maximum atomic E-state index is 14.8. The fraction of sp³-hybridized carbons (Fsp3) is 0.625. The zero-order valence-electron chi connectivity index (χ0n) is 23.2. The van der Waals surface area contributed by atoms with Gasteiger partial charge in [-0.2, -0.15) is 4.39 Å². The highest BCUT2D eigenvalue weighted by Gasteiger charge is 2.24. The van der Waals surface area contributed by atoms with E-state index in [0.29, 0.717) is 44.0 Å². The summed E-state index contributed by atoms with van der Waals surface area (Å²) in [4.78, 5) is 0. The summed E-state index contributed by atoms with van der Waals surface area (Å²) in [5.41, 5.74) is 1.58. The van der Waals surface area contributed by atoms with Crippen LogP contribution in [0.2, 0.25) is 0 Å². The first-order valence-electron chi connectivity index (χ1n) is 14.6. The molecule has 1 unspecified atom stereocenters. The smallest absolute Gasteiger partial charge is 0.201 e. The minimum absolute atomic E-state index is 0.147. The van der Waals surface area contributed by atoms with E-state index in [4.69, 9.17) is 14.2 Å². The quantitative estimate of drug-likeness (QED) is 0.189. The van der Waals surface area contributed by atoms with Crippen molar-refractivity contribution in [1.82, 2.24) is 0 Å². The van der Waals surface area contributed by atoms with E-state index in [1.54, 1.807) is 12.1 Å². The van der Waals surface area contributed by atoms with E-state index in [2.05, 4.69) is 6.92 Å². The summed E-state index contributed by atoms with van der Waals surface area (Å²) in [6.45, 7) is 5.75. The van der Waals surface area contributed by atoms with Crippen LogP contribution in [0.1, 0.15) is 103 Å². The fourth-order valence-corrected chi connectivity index (χ4v) is 4.86. The molecule has 0 spiro atoms. The summed E-state index contributed by atoms with van der Waals surface area (Å²) in [6.07, 6.45) is 10.7. The molecular formula is C32H45F3O3. The van der Waals surface area contributed by atoms with Crippen molar-refractivity contribution in [3.63, 3.8) is 0 Å². The van der Waals surface area contributed by atoms with E-state index in [9.17, 15) is 13.2 Å². The number of alkyl halides is 1. The zero-order chi connectivity index (χ0) is 27.2. The molecule has 0 bridgehead atoms. The molecule has 1 aliphatic rings. The van der Waals surface area contributed by atoms with Crippen LogP contribution in [0.15, 0.2) is 36.4 Å². The van der Waals surface area contributed by atoms with Crippen LogP contribution in [0, 0.1) is 17.6 Å². The van der Waals surface area contributed by atoms with Crippen LogP contribution in [0.4, 0.5) is 13.2 Å². The molecule has 0 aromatic heterocycles. The number of unbranched alkanes of at least 4 members (excludes halogenated alkanes) is 6. The second-order valence-corrected chi connectivity index (χ2v) is 10.5. The Balaban J connectivity index is 1.45. The molecule has 0 aliphatic carbocycles. The van der Waals surface area contributed by atoms with Crippen molar-refractivity contribution < 1.29 is 27.4 Å². The van der Waals surface area contributed by atoms with Gasteiger partial charge < -0.3 is 14.2 Å². The minimum Gasteiger partial charge on any atom is -0.490 e. The molecular weight excluding hydrogens is 489 g/mol. The largest absolute Gasteiger partial charge is 0.490 e. The summed E-state index contributed by atoms with van der Waals surface area (Å²) in [5, 5.41) is 0. The molecule has 1 fully saturated rings. The van der Waals surface area contributed by atoms with Gasteiger partial charge in [-0.15, -0.1) is 0 Å². The van der Waals surface area contributed by atoms with Crippen LogP contribution < -0.4 is 4.74 Å². The molecule has 1 aliphatic heterocycles. The molecule has 1 saturated heterocycles. The fourth-order valence-electron chi connectivity index (χ4n) is 4.86. The predicted molar refractivity (Wildman–Crippen MR) is 147 cm³/mol. The predicted octanol–water partition coefficient (Wildman–Crippen LogP) is 9.73. The SMILES string of the molecule is CCCCCCCCC1COC(c2ccc(-c3ccc(OCCCC(F)CCCC)c(F)c3F)cc2)OC1. The molecule has 1 atom stereocenters. The Morgan fingerprint density at radius 2 is 1.45 bits per heavy atom. The van der Waals surface area contributed by atoms with Gasteiger partial charge in [-0.3, -0.25) is 0 Å². The van der Waals surface area contributed by atoms with E-state index in [1.807, 2.05) is 19.1 Å². The second kappa shape index (κ2) is 16.8. The van der Waals surface area contributed by atoms with Crippen molar-refractivity contribution in [1.29, 1.82) is 0 Å². The van der Waals surface area contributed by atoms with Gasteiger partial charge >= 0.3 is 0 Å². The Labute approximate surface area is 227 Å². The van der Waals surface area contributed by atoms with Crippen molar-refractivity contribution in [2.45, 2.75) is 103 Å². The highest BCUT2D eigenvalue weighted by atomic mass is 19.2. The third-order valence-corrected chi connectivity index (χ3v) is 7.26. The van der Waals surface area contributed by atoms with Gasteiger partial charge in [0.15, 0.2) is 17.9 Å². The van der Waals surface area contributed by atoms with E-state index in [0.717, 1.165) is 24.8 Å². The van der Waals surface area contributed by atoms with Crippen molar-refractivity contribution in [2.24, 2.45) is 5.92 Å². The summed E-state index contributed by atoms with van der Waals surface area (Å²) < 4.78 is 60.6. The van der Waals surface area contributed by atoms with Gasteiger partial charge in [0.05, 0.1) is 19.8 Å². The first kappa shape index (κ1) is 30.5. The zero-order valence-corrected chi connectivity index (χ0v) is 23.2. The summed E-state index contributed by atoms with van der Waals surface area (Å²) >= 11 is 0. The molecule has 38 heavy (non-hydrogen) atoms. The topological polar surface area (TPSA) is 27.7 Å². The highest BCUT2D eigenvalue weighted by molar-refractivity contribution is 5.65. The van der Waals surface area contributed by atoms with E-state index < -0.39 is 24.1 Å². The van der Waals surface area contributed by atoms with Crippen molar-refractivity contribution >= 4 is 0 Å². The number of hydrogen-bond donors (Lipinski definition) is 0. The Bertz CT molecular complexity index is 926. The number of benzene rings is 2. The first-order chi connectivity index (χ1) is 18.5. The molecule has 3 rings (SSSR count). The summed E-state index contributed by atoms with van der Waals surface area (Å²) in [6, 6.07) is 10.1. The Morgan fingerprint density at radius 1 is 0.789 bits per heavy atom. The number of hydrogen-bond acceptors (Lipinski definition) is 3. The van der Waals surface area contributed by atoms with Crippen molar-refractivity contribution in [3.05, 3.63) is 53.6 Å². The van der Waals surface area contributed by atoms with Gasteiger partial charge in [-0.1, -0.05) is 89.5 Å². The van der Waals surface area contributed by atoms with Crippen LogP contribution in [0.3, 0.4) is 0 Å². The maximum Gasteiger partial charge on any atom is 0.201 e. The normalized spacial score (nSPS) is 18.4. The van der Waals surface area contributed by atoms with Crippen LogP contribution in [-0.2, 0) is 9.47 Å². The average molecular weight is 535 g/mol. The summed E-state index contributed by atoms with van der Waals surface area (Å²) in [5.74, 6) is -1.70. The second-order valence-electron chi connectivity index (χ2n) is 10.5. The minimum atomic E-state index is -1.02. The van der Waals surface area contributed by atoms with Gasteiger partial charge in [0.25, 0.3) is 0 Å². The molecule has 0 N–H and O–H groups in total. The van der Waals surface area contributed by atoms with Crippen LogP contribution in [0.25, 0.3) is 11.1 Å². The molecule has 0 saturated carbocycles. The number of halogens is 3. The van der Waals surface area contributed by atoms with Crippen molar-refractivity contribution in [3.8, 4) is 16.9 Å². The van der Waals surface area contributed by atoms with Gasteiger partial charge in [0.1, 0.15) is 6.17 Å². The van der Waals surface area contributed by atoms with E-state index >= 15 is 0 Å². The van der Waals surface area contributed by atoms with Crippen LogP contribution in [-0.4, -0.2) is 26.0 Å². The Morgan fingerprint density at radius 3 is 2.16 bits per heavy atom. The molecule has 0 amide bonds. The van der Waals surface area contributed by atoms with Gasteiger partial charge in [0.2, 0.25) is 5.82 Å². The first-order valence-corrected chi connectivity index (χ1v) is 14.6. The van der Waals surface area contributed by atoms with Gasteiger partial charge in [-0.25, -0.2) is 8.78 Å². The van der Waals surface area contributed by atoms with E-state index in [1.165, 1.54) is 50.7 Å². The molecule has 2 aromatic carbocycles. The Kier molecular flexibility index (Phi) is 13.5. The number of ether oxygens (including phenoxy) is 3. The highest BCUT2D eigenvalue weighted by Crippen LogP contribution is 2.33. The molecule has 0 radical (unpaired) electrons. The number of rotatable bonds is 17. The van der Waals surface area contributed by atoms with Crippen LogP contribution in [0.5, 0.6) is 5.75 Å². The van der Waals surface area contributed by atoms with Gasteiger partial charge in [-0.05, 0) is 43.4 Å². The molecule has 212 valence electrons. The van der Waals surface area contributed by atoms with Gasteiger partial charge in [0, 0.05) is 17.0 Å². The van der Waals surface area contributed by atoms with E-state index in [-0.39, 0.29) is 17.9 Å². The molecule has 3 nitrogen and oxygen atoms in total. The lowest BCUT2D eigenvalue weighted by atomic mass is 10.00. The van der Waals surface area contributed by atoms with Crippen LogP contribution >= 0.6 is 0 Å². The third kappa shape index (κ3) is 9.60. The maximum absolute atomic E-state index is 14.8. The average Bonchev–Trinajstić information content (AvgIpc) is 2.94.